The van der Waals surface area contributed by atoms with Crippen LogP contribution in [0.15, 0.2) is 40.9 Å². The van der Waals surface area contributed by atoms with Gasteiger partial charge in [0.05, 0.1) is 11.8 Å². The van der Waals surface area contributed by atoms with E-state index in [2.05, 4.69) is 36.5 Å². The molecule has 1 heterocycles. The van der Waals surface area contributed by atoms with Gasteiger partial charge in [0, 0.05) is 12.6 Å². The van der Waals surface area contributed by atoms with Gasteiger partial charge in [0.25, 0.3) is 0 Å². The zero-order chi connectivity index (χ0) is 15.1. The molecule has 0 bridgehead atoms. The van der Waals surface area contributed by atoms with Crippen molar-refractivity contribution in [1.82, 2.24) is 10.5 Å². The largest absolute Gasteiger partial charge is 0.366 e. The van der Waals surface area contributed by atoms with Gasteiger partial charge < -0.3 is 14.6 Å². The second kappa shape index (κ2) is 7.96. The Morgan fingerprint density at radius 2 is 1.95 bits per heavy atom. The Labute approximate surface area is 126 Å². The summed E-state index contributed by atoms with van der Waals surface area (Å²) in [6.45, 7) is 8.55. The second-order valence-electron chi connectivity index (χ2n) is 5.67. The molecule has 0 radical (unpaired) electrons. The summed E-state index contributed by atoms with van der Waals surface area (Å²) >= 11 is 0. The van der Waals surface area contributed by atoms with Gasteiger partial charge in [-0.05, 0) is 24.9 Å². The molecule has 1 atom stereocenters. The van der Waals surface area contributed by atoms with Crippen molar-refractivity contribution >= 4 is 0 Å². The van der Waals surface area contributed by atoms with Crippen molar-refractivity contribution in [1.29, 1.82) is 0 Å². The van der Waals surface area contributed by atoms with Crippen LogP contribution < -0.4 is 5.32 Å². The lowest BCUT2D eigenvalue weighted by Crippen LogP contribution is -2.19. The predicted molar refractivity (Wildman–Crippen MR) is 82.7 cm³/mol. The molecule has 4 heteroatoms. The summed E-state index contributed by atoms with van der Waals surface area (Å²) < 4.78 is 11.1. The molecule has 0 saturated carbocycles. The molecule has 1 unspecified atom stereocenters. The quantitative estimate of drug-likeness (QED) is 0.804. The number of aromatic nitrogens is 1. The van der Waals surface area contributed by atoms with Crippen LogP contribution in [-0.4, -0.2) is 11.7 Å². The van der Waals surface area contributed by atoms with Gasteiger partial charge in [-0.1, -0.05) is 49.3 Å². The molecule has 0 spiro atoms. The Hall–Kier alpha value is -1.65. The maximum atomic E-state index is 5.82. The van der Waals surface area contributed by atoms with Gasteiger partial charge >= 0.3 is 0 Å². The molecule has 0 saturated heterocycles. The van der Waals surface area contributed by atoms with E-state index in [4.69, 9.17) is 9.26 Å². The van der Waals surface area contributed by atoms with Crippen molar-refractivity contribution in [2.75, 3.05) is 6.54 Å². The van der Waals surface area contributed by atoms with E-state index >= 15 is 0 Å². The van der Waals surface area contributed by atoms with Gasteiger partial charge in [0.1, 0.15) is 6.61 Å². The topological polar surface area (TPSA) is 47.3 Å². The highest BCUT2D eigenvalue weighted by atomic mass is 16.5. The lowest BCUT2D eigenvalue weighted by molar-refractivity contribution is 0.0390. The van der Waals surface area contributed by atoms with E-state index < -0.39 is 0 Å². The molecule has 21 heavy (non-hydrogen) atoms. The molecule has 1 N–H and O–H groups in total. The minimum Gasteiger partial charge on any atom is -0.366 e. The summed E-state index contributed by atoms with van der Waals surface area (Å²) in [4.78, 5) is 0. The molecule has 4 nitrogen and oxygen atoms in total. The van der Waals surface area contributed by atoms with Crippen LogP contribution in [0.1, 0.15) is 43.9 Å². The first-order valence-electron chi connectivity index (χ1n) is 7.47. The van der Waals surface area contributed by atoms with Gasteiger partial charge in [-0.2, -0.15) is 0 Å². The first kappa shape index (κ1) is 15.7. The molecule has 0 aliphatic rings. The number of ether oxygens (including phenoxy) is 1. The summed E-state index contributed by atoms with van der Waals surface area (Å²) in [6.07, 6.45) is 0.0406. The highest BCUT2D eigenvalue weighted by Gasteiger charge is 2.09. The van der Waals surface area contributed by atoms with Gasteiger partial charge in [0.15, 0.2) is 5.76 Å². The number of nitrogens with one attached hydrogen (secondary N) is 1. The van der Waals surface area contributed by atoms with Crippen LogP contribution in [0.5, 0.6) is 0 Å². The fraction of sp³-hybridized carbons (Fsp3) is 0.471. The van der Waals surface area contributed by atoms with Gasteiger partial charge in [-0.25, -0.2) is 0 Å². The highest BCUT2D eigenvalue weighted by molar-refractivity contribution is 5.16. The Balaban J connectivity index is 1.77. The minimum absolute atomic E-state index is 0.0406. The monoisotopic (exact) mass is 288 g/mol. The summed E-state index contributed by atoms with van der Waals surface area (Å²) in [5.41, 5.74) is 2.08. The molecule has 0 aliphatic carbocycles. The zero-order valence-electron chi connectivity index (χ0n) is 13.0. The smallest absolute Gasteiger partial charge is 0.162 e. The first-order chi connectivity index (χ1) is 10.1. The van der Waals surface area contributed by atoms with Crippen molar-refractivity contribution in [2.24, 2.45) is 5.92 Å². The van der Waals surface area contributed by atoms with Gasteiger partial charge in [-0.15, -0.1) is 0 Å². The van der Waals surface area contributed by atoms with Crippen LogP contribution in [0, 0.1) is 5.92 Å². The average Bonchev–Trinajstić information content (AvgIpc) is 2.93. The molecule has 1 aromatic carbocycles. The molecule has 2 rings (SSSR count). The molecule has 1 aromatic heterocycles. The molecule has 0 fully saturated rings. The summed E-state index contributed by atoms with van der Waals surface area (Å²) in [6, 6.07) is 12.1. The Kier molecular flexibility index (Phi) is 5.96. The fourth-order valence-corrected chi connectivity index (χ4v) is 2.02. The van der Waals surface area contributed by atoms with E-state index in [1.165, 1.54) is 0 Å². The number of rotatable bonds is 8. The van der Waals surface area contributed by atoms with Gasteiger partial charge in [0.2, 0.25) is 0 Å². The van der Waals surface area contributed by atoms with E-state index in [0.29, 0.717) is 12.5 Å². The average molecular weight is 288 g/mol. The van der Waals surface area contributed by atoms with Crippen LogP contribution in [0.2, 0.25) is 0 Å². The van der Waals surface area contributed by atoms with Crippen molar-refractivity contribution in [3.63, 3.8) is 0 Å². The van der Waals surface area contributed by atoms with E-state index in [1.54, 1.807) is 0 Å². The molecule has 0 amide bonds. The van der Waals surface area contributed by atoms with Crippen LogP contribution in [0.3, 0.4) is 0 Å². The Morgan fingerprint density at radius 3 is 2.67 bits per heavy atom. The Morgan fingerprint density at radius 1 is 1.19 bits per heavy atom. The highest BCUT2D eigenvalue weighted by Crippen LogP contribution is 2.18. The van der Waals surface area contributed by atoms with Crippen molar-refractivity contribution in [3.8, 4) is 0 Å². The van der Waals surface area contributed by atoms with Gasteiger partial charge in [-0.3, -0.25) is 0 Å². The molecule has 114 valence electrons. The predicted octanol–water partition coefficient (Wildman–Crippen LogP) is 3.70. The van der Waals surface area contributed by atoms with Crippen molar-refractivity contribution in [3.05, 3.63) is 53.4 Å². The van der Waals surface area contributed by atoms with E-state index in [1.807, 2.05) is 31.2 Å². The van der Waals surface area contributed by atoms with Crippen LogP contribution in [-0.2, 0) is 17.9 Å². The normalized spacial score (nSPS) is 12.8. The molecular weight excluding hydrogens is 264 g/mol. The van der Waals surface area contributed by atoms with Crippen LogP contribution in [0.4, 0.5) is 0 Å². The second-order valence-corrected chi connectivity index (χ2v) is 5.67. The fourth-order valence-electron chi connectivity index (χ4n) is 2.02. The van der Waals surface area contributed by atoms with E-state index in [0.717, 1.165) is 30.1 Å². The Bertz CT molecular complexity index is 523. The third-order valence-electron chi connectivity index (χ3n) is 3.21. The number of benzene rings is 1. The molecule has 2 aromatic rings. The molecular formula is C17H24N2O2. The standard InChI is InChI=1S/C17H24N2O2/c1-13(2)10-18-11-16-9-17(21-19-16)12-20-14(3)15-7-5-4-6-8-15/h4-9,13-14,18H,10-12H2,1-3H3. The zero-order valence-corrected chi connectivity index (χ0v) is 13.0. The van der Waals surface area contributed by atoms with Crippen LogP contribution in [0.25, 0.3) is 0 Å². The lowest BCUT2D eigenvalue weighted by atomic mass is 10.1. The van der Waals surface area contributed by atoms with Crippen LogP contribution >= 0.6 is 0 Å². The summed E-state index contributed by atoms with van der Waals surface area (Å²) in [7, 11) is 0. The lowest BCUT2D eigenvalue weighted by Gasteiger charge is -2.11. The number of nitrogens with zero attached hydrogens (tertiary/aromatic N) is 1. The van der Waals surface area contributed by atoms with E-state index in [9.17, 15) is 0 Å². The maximum Gasteiger partial charge on any atom is 0.162 e. The minimum atomic E-state index is 0.0406. The summed E-state index contributed by atoms with van der Waals surface area (Å²) in [5.74, 6) is 1.39. The molecule has 0 aliphatic heterocycles. The third kappa shape index (κ3) is 5.33. The SMILES string of the molecule is CC(C)CNCc1cc(COC(C)c2ccccc2)on1. The third-order valence-corrected chi connectivity index (χ3v) is 3.21. The van der Waals surface area contributed by atoms with E-state index in [-0.39, 0.29) is 6.10 Å². The van der Waals surface area contributed by atoms with Crippen molar-refractivity contribution < 1.29 is 9.26 Å². The number of hydrogen-bond donors (Lipinski definition) is 1. The summed E-state index contributed by atoms with van der Waals surface area (Å²) in [5, 5.41) is 7.39. The first-order valence-corrected chi connectivity index (χ1v) is 7.47. The maximum absolute atomic E-state index is 5.82. The van der Waals surface area contributed by atoms with Crippen molar-refractivity contribution in [2.45, 2.75) is 40.0 Å². The number of hydrogen-bond acceptors (Lipinski definition) is 4.